The van der Waals surface area contributed by atoms with Gasteiger partial charge in [-0.3, -0.25) is 19.3 Å². The summed E-state index contributed by atoms with van der Waals surface area (Å²) in [7, 11) is 0. The van der Waals surface area contributed by atoms with E-state index in [0.29, 0.717) is 18.0 Å². The van der Waals surface area contributed by atoms with Gasteiger partial charge < -0.3 is 19.7 Å². The maximum atomic E-state index is 13.7. The Kier molecular flexibility index (Phi) is 7.19. The van der Waals surface area contributed by atoms with E-state index in [1.807, 2.05) is 0 Å². The van der Waals surface area contributed by atoms with Crippen LogP contribution in [0.3, 0.4) is 0 Å². The maximum absolute atomic E-state index is 13.7. The molecule has 2 aliphatic heterocycles. The lowest BCUT2D eigenvalue weighted by Gasteiger charge is -2.29. The van der Waals surface area contributed by atoms with E-state index in [4.69, 9.17) is 9.47 Å². The van der Waals surface area contributed by atoms with Crippen LogP contribution in [0.2, 0.25) is 0 Å². The van der Waals surface area contributed by atoms with E-state index in [1.165, 1.54) is 42.0 Å². The van der Waals surface area contributed by atoms with Crippen LogP contribution in [0, 0.1) is 5.82 Å². The Morgan fingerprint density at radius 2 is 1.91 bits per heavy atom. The molecule has 1 fully saturated rings. The van der Waals surface area contributed by atoms with Crippen LogP contribution < -0.4 is 19.7 Å². The molecule has 0 aliphatic carbocycles. The van der Waals surface area contributed by atoms with Crippen LogP contribution in [0.25, 0.3) is 0 Å². The highest BCUT2D eigenvalue weighted by Gasteiger charge is 2.28. The number of ether oxygens (including phenoxy) is 2. The van der Waals surface area contributed by atoms with Gasteiger partial charge >= 0.3 is 0 Å². The number of amides is 2. The number of nitrogens with zero attached hydrogens (tertiary/aromatic N) is 2. The van der Waals surface area contributed by atoms with Gasteiger partial charge in [0.15, 0.2) is 30.6 Å². The standard InChI is InChI=1S/C24H26FN3O5/c25-18-5-1-2-6-21(18)32-15-20(29)17-7-8-22-19(13-17)28(24(31)16-33-22)14-23(30)26-9-12-27-10-3-4-11-27/h1-2,5-8,13H,3-4,9-12,14-16H2,(H,26,30). The average molecular weight is 455 g/mol. The lowest BCUT2D eigenvalue weighted by molar-refractivity contribution is -0.125. The quantitative estimate of drug-likeness (QED) is 0.582. The van der Waals surface area contributed by atoms with Crippen LogP contribution in [0.1, 0.15) is 23.2 Å². The van der Waals surface area contributed by atoms with Crippen LogP contribution >= 0.6 is 0 Å². The molecule has 8 nitrogen and oxygen atoms in total. The fourth-order valence-electron chi connectivity index (χ4n) is 3.90. The second-order valence-electron chi connectivity index (χ2n) is 7.99. The van der Waals surface area contributed by atoms with E-state index in [-0.39, 0.29) is 42.9 Å². The molecule has 1 saturated heterocycles. The third-order valence-electron chi connectivity index (χ3n) is 5.67. The van der Waals surface area contributed by atoms with Crippen molar-refractivity contribution in [2.24, 2.45) is 0 Å². The van der Waals surface area contributed by atoms with Crippen LogP contribution in [0.5, 0.6) is 11.5 Å². The Bertz CT molecular complexity index is 1040. The molecule has 0 spiro atoms. The van der Waals surface area contributed by atoms with Crippen molar-refractivity contribution < 1.29 is 28.2 Å². The minimum absolute atomic E-state index is 0.0189. The molecule has 0 unspecified atom stereocenters. The van der Waals surface area contributed by atoms with Gasteiger partial charge in [0, 0.05) is 18.7 Å². The molecule has 1 N–H and O–H groups in total. The largest absolute Gasteiger partial charge is 0.482 e. The molecule has 2 aromatic rings. The summed E-state index contributed by atoms with van der Waals surface area (Å²) in [5.41, 5.74) is 0.612. The van der Waals surface area contributed by atoms with Gasteiger partial charge in [-0.15, -0.1) is 0 Å². The fourth-order valence-corrected chi connectivity index (χ4v) is 3.90. The topological polar surface area (TPSA) is 88.2 Å². The Morgan fingerprint density at radius 1 is 1.12 bits per heavy atom. The molecule has 33 heavy (non-hydrogen) atoms. The number of hydrogen-bond acceptors (Lipinski definition) is 6. The first-order valence-electron chi connectivity index (χ1n) is 11.0. The molecule has 2 amide bonds. The number of rotatable bonds is 9. The number of carbonyl (C=O) groups excluding carboxylic acids is 3. The summed E-state index contributed by atoms with van der Waals surface area (Å²) in [4.78, 5) is 41.2. The van der Waals surface area contributed by atoms with Crippen molar-refractivity contribution in [2.75, 3.05) is 50.8 Å². The van der Waals surface area contributed by atoms with Crippen molar-refractivity contribution in [2.45, 2.75) is 12.8 Å². The molecular weight excluding hydrogens is 429 g/mol. The summed E-state index contributed by atoms with van der Waals surface area (Å²) in [5.74, 6) is -1.22. The van der Waals surface area contributed by atoms with Crippen LogP contribution in [-0.2, 0) is 9.59 Å². The zero-order valence-electron chi connectivity index (χ0n) is 18.2. The van der Waals surface area contributed by atoms with Gasteiger partial charge in [-0.25, -0.2) is 4.39 Å². The van der Waals surface area contributed by atoms with Crippen molar-refractivity contribution >= 4 is 23.3 Å². The fraction of sp³-hybridized carbons (Fsp3) is 0.375. The smallest absolute Gasteiger partial charge is 0.265 e. The molecule has 2 heterocycles. The average Bonchev–Trinajstić information content (AvgIpc) is 3.33. The van der Waals surface area contributed by atoms with Crippen molar-refractivity contribution in [3.05, 3.63) is 53.8 Å². The van der Waals surface area contributed by atoms with Gasteiger partial charge in [0.1, 0.15) is 12.3 Å². The van der Waals surface area contributed by atoms with Gasteiger partial charge in [-0.05, 0) is 56.3 Å². The zero-order valence-corrected chi connectivity index (χ0v) is 18.2. The van der Waals surface area contributed by atoms with Crippen molar-refractivity contribution in [1.29, 1.82) is 0 Å². The summed E-state index contributed by atoms with van der Waals surface area (Å²) in [5, 5.41) is 2.85. The lowest BCUT2D eigenvalue weighted by Crippen LogP contribution is -2.46. The summed E-state index contributed by atoms with van der Waals surface area (Å²) >= 11 is 0. The molecule has 9 heteroatoms. The van der Waals surface area contributed by atoms with Crippen LogP contribution in [0.15, 0.2) is 42.5 Å². The third kappa shape index (κ3) is 5.67. The predicted molar refractivity (Wildman–Crippen MR) is 119 cm³/mol. The van der Waals surface area contributed by atoms with E-state index in [0.717, 1.165) is 19.6 Å². The first-order valence-corrected chi connectivity index (χ1v) is 11.0. The Morgan fingerprint density at radius 3 is 2.70 bits per heavy atom. The maximum Gasteiger partial charge on any atom is 0.265 e. The number of likely N-dealkylation sites (tertiary alicyclic amines) is 1. The number of anilines is 1. The highest BCUT2D eigenvalue weighted by Crippen LogP contribution is 2.33. The summed E-state index contributed by atoms with van der Waals surface area (Å²) < 4.78 is 24.5. The molecule has 2 aliphatic rings. The number of hydrogen-bond donors (Lipinski definition) is 1. The van der Waals surface area contributed by atoms with Gasteiger partial charge in [0.25, 0.3) is 5.91 Å². The van der Waals surface area contributed by atoms with Crippen molar-refractivity contribution in [3.63, 3.8) is 0 Å². The van der Waals surface area contributed by atoms with E-state index >= 15 is 0 Å². The van der Waals surface area contributed by atoms with Gasteiger partial charge in [-0.1, -0.05) is 12.1 Å². The molecule has 2 aromatic carbocycles. The minimum atomic E-state index is -0.559. The molecule has 0 aromatic heterocycles. The third-order valence-corrected chi connectivity index (χ3v) is 5.67. The number of ketones is 1. The van der Waals surface area contributed by atoms with Crippen LogP contribution in [0.4, 0.5) is 10.1 Å². The normalized spacial score (nSPS) is 15.7. The monoisotopic (exact) mass is 455 g/mol. The number of halogens is 1. The summed E-state index contributed by atoms with van der Waals surface area (Å²) in [6, 6.07) is 10.4. The zero-order chi connectivity index (χ0) is 23.2. The van der Waals surface area contributed by atoms with Gasteiger partial charge in [0.2, 0.25) is 5.91 Å². The number of para-hydroxylation sites is 1. The van der Waals surface area contributed by atoms with Crippen molar-refractivity contribution in [3.8, 4) is 11.5 Å². The Labute approximate surface area is 191 Å². The summed E-state index contributed by atoms with van der Waals surface area (Å²) in [6.45, 7) is 2.66. The highest BCUT2D eigenvalue weighted by atomic mass is 19.1. The lowest BCUT2D eigenvalue weighted by atomic mass is 10.1. The van der Waals surface area contributed by atoms with Gasteiger partial charge in [0.05, 0.1) is 5.69 Å². The second-order valence-corrected chi connectivity index (χ2v) is 7.99. The van der Waals surface area contributed by atoms with Crippen molar-refractivity contribution in [1.82, 2.24) is 10.2 Å². The Hall–Kier alpha value is -3.46. The SMILES string of the molecule is O=C(CN1C(=O)COc2ccc(C(=O)COc3ccccc3F)cc21)NCCN1CCCC1. The molecule has 174 valence electrons. The summed E-state index contributed by atoms with van der Waals surface area (Å²) in [6.07, 6.45) is 2.36. The second kappa shape index (κ2) is 10.4. The van der Waals surface area contributed by atoms with E-state index in [2.05, 4.69) is 10.2 Å². The molecular formula is C24H26FN3O5. The predicted octanol–water partition coefficient (Wildman–Crippen LogP) is 2.02. The number of Topliss-reactive ketones (excluding diaryl/α,β-unsaturated/α-hetero) is 1. The van der Waals surface area contributed by atoms with Crippen LogP contribution in [-0.4, -0.2) is 68.4 Å². The highest BCUT2D eigenvalue weighted by molar-refractivity contribution is 6.04. The molecule has 0 bridgehead atoms. The van der Waals surface area contributed by atoms with E-state index in [9.17, 15) is 18.8 Å². The molecule has 4 rings (SSSR count). The number of nitrogens with one attached hydrogen (secondary N) is 1. The van der Waals surface area contributed by atoms with E-state index in [1.54, 1.807) is 18.2 Å². The van der Waals surface area contributed by atoms with E-state index < -0.39 is 11.6 Å². The molecule has 0 atom stereocenters. The first kappa shape index (κ1) is 22.7. The number of carbonyl (C=O) groups is 3. The molecule has 0 saturated carbocycles. The molecule has 0 radical (unpaired) electrons. The first-order chi connectivity index (χ1) is 16.0. The number of fused-ring (bicyclic) bond motifs is 1. The minimum Gasteiger partial charge on any atom is -0.482 e. The Balaban J connectivity index is 1.39. The van der Waals surface area contributed by atoms with Gasteiger partial charge in [-0.2, -0.15) is 0 Å². The number of benzene rings is 2.